The van der Waals surface area contributed by atoms with Crippen LogP contribution in [0.1, 0.15) is 58.7 Å². The molecule has 0 saturated carbocycles. The summed E-state index contributed by atoms with van der Waals surface area (Å²) in [5, 5.41) is 11.6. The molecule has 2 saturated heterocycles. The fraction of sp³-hybridized carbons (Fsp3) is 0.387. The third-order valence-electron chi connectivity index (χ3n) is 7.76. The van der Waals surface area contributed by atoms with Gasteiger partial charge in [-0.1, -0.05) is 36.4 Å². The summed E-state index contributed by atoms with van der Waals surface area (Å²) in [6, 6.07) is 13.7. The molecule has 0 aromatic heterocycles. The minimum atomic E-state index is -2.35. The van der Waals surface area contributed by atoms with Gasteiger partial charge in [-0.15, -0.1) is 0 Å². The van der Waals surface area contributed by atoms with E-state index in [-0.39, 0.29) is 30.5 Å². The van der Waals surface area contributed by atoms with Gasteiger partial charge in [0.15, 0.2) is 29.6 Å². The van der Waals surface area contributed by atoms with Crippen LogP contribution in [0.15, 0.2) is 48.5 Å². The van der Waals surface area contributed by atoms with Crippen LogP contribution < -0.4 is 5.32 Å². The Hall–Kier alpha value is -3.42. The molecular weight excluding hydrogens is 575 g/mol. The molecule has 0 spiro atoms. The Balaban J connectivity index is 1.39. The summed E-state index contributed by atoms with van der Waals surface area (Å²) in [5.74, 6) is -12.7. The number of nitrogens with one attached hydrogen (secondary N) is 1. The first-order valence-corrected chi connectivity index (χ1v) is 13.9. The topological polar surface area (TPSA) is 80.3 Å². The highest BCUT2D eigenvalue weighted by Gasteiger charge is 2.36. The van der Waals surface area contributed by atoms with Crippen LogP contribution in [-0.4, -0.2) is 54.9 Å². The van der Waals surface area contributed by atoms with Crippen molar-refractivity contribution in [2.45, 2.75) is 50.4 Å². The van der Waals surface area contributed by atoms with Crippen molar-refractivity contribution in [2.75, 3.05) is 32.1 Å². The Morgan fingerprint density at radius 2 is 1.67 bits per heavy atom. The summed E-state index contributed by atoms with van der Waals surface area (Å²) < 4.78 is 87.3. The monoisotopic (exact) mass is 606 g/mol. The summed E-state index contributed by atoms with van der Waals surface area (Å²) in [6.45, 7) is 2.02. The van der Waals surface area contributed by atoms with Crippen molar-refractivity contribution in [3.8, 4) is 0 Å². The number of rotatable bonds is 9. The van der Waals surface area contributed by atoms with E-state index in [1.165, 1.54) is 12.1 Å². The molecule has 2 aliphatic heterocycles. The maximum Gasteiger partial charge on any atom is 0.261 e. The number of aliphatic hydroxyl groups excluding tert-OH is 1. The zero-order valence-corrected chi connectivity index (χ0v) is 23.3. The SMILES string of the molecule is COC[C@@H]1CCCN1C[C@@H]1C[C@H](c2ccc(CO)cc2)O[C@H](c2cccc(NC(=O)c3c(F)c(F)c(F)c(F)c3F)c2)O1. The van der Waals surface area contributed by atoms with E-state index in [0.717, 1.165) is 30.5 Å². The molecule has 3 aromatic rings. The third-order valence-corrected chi connectivity index (χ3v) is 7.76. The molecule has 5 rings (SSSR count). The lowest BCUT2D eigenvalue weighted by atomic mass is 9.99. The Bertz CT molecular complexity index is 1430. The van der Waals surface area contributed by atoms with Gasteiger partial charge in [0.2, 0.25) is 5.82 Å². The number of likely N-dealkylation sites (tertiary alicyclic amines) is 1. The molecular formula is C31H31F5N2O5. The Morgan fingerprint density at radius 3 is 2.35 bits per heavy atom. The maximum atomic E-state index is 14.2. The first-order valence-electron chi connectivity index (χ1n) is 13.9. The molecule has 2 heterocycles. The van der Waals surface area contributed by atoms with Crippen molar-refractivity contribution in [3.63, 3.8) is 0 Å². The predicted octanol–water partition coefficient (Wildman–Crippen LogP) is 5.78. The fourth-order valence-corrected chi connectivity index (χ4v) is 5.57. The van der Waals surface area contributed by atoms with Crippen LogP contribution in [0.5, 0.6) is 0 Å². The molecule has 230 valence electrons. The first-order chi connectivity index (χ1) is 20.7. The van der Waals surface area contributed by atoms with Gasteiger partial charge in [0.1, 0.15) is 5.56 Å². The van der Waals surface area contributed by atoms with Gasteiger partial charge < -0.3 is 24.6 Å². The van der Waals surface area contributed by atoms with Gasteiger partial charge in [0, 0.05) is 37.4 Å². The summed E-state index contributed by atoms with van der Waals surface area (Å²) >= 11 is 0. The van der Waals surface area contributed by atoms with E-state index in [4.69, 9.17) is 14.2 Å². The number of nitrogens with zero attached hydrogens (tertiary/aromatic N) is 1. The van der Waals surface area contributed by atoms with Gasteiger partial charge in [-0.2, -0.15) is 0 Å². The molecule has 0 bridgehead atoms. The quantitative estimate of drug-likeness (QED) is 0.183. The second-order valence-corrected chi connectivity index (χ2v) is 10.6. The van der Waals surface area contributed by atoms with Crippen molar-refractivity contribution >= 4 is 11.6 Å². The summed E-state index contributed by atoms with van der Waals surface area (Å²) in [5.41, 5.74) is 0.535. The number of benzene rings is 3. The van der Waals surface area contributed by atoms with Gasteiger partial charge in [0.25, 0.3) is 5.91 Å². The average molecular weight is 607 g/mol. The molecule has 2 aliphatic rings. The van der Waals surface area contributed by atoms with E-state index in [9.17, 15) is 31.9 Å². The van der Waals surface area contributed by atoms with Crippen molar-refractivity contribution in [1.82, 2.24) is 4.90 Å². The number of methoxy groups -OCH3 is 1. The maximum absolute atomic E-state index is 14.2. The number of ether oxygens (including phenoxy) is 3. The largest absolute Gasteiger partial charge is 0.392 e. The molecule has 4 atom stereocenters. The van der Waals surface area contributed by atoms with Gasteiger partial charge in [-0.25, -0.2) is 22.0 Å². The first kappa shape index (κ1) is 31.0. The van der Waals surface area contributed by atoms with Crippen molar-refractivity contribution in [3.05, 3.63) is 99.9 Å². The number of halogens is 5. The average Bonchev–Trinajstić information content (AvgIpc) is 3.45. The van der Waals surface area contributed by atoms with E-state index < -0.39 is 46.8 Å². The highest BCUT2D eigenvalue weighted by atomic mass is 19.2. The highest BCUT2D eigenvalue weighted by molar-refractivity contribution is 6.04. The molecule has 0 aliphatic carbocycles. The molecule has 2 N–H and O–H groups in total. The number of aliphatic hydroxyl groups is 1. The standard InChI is InChI=1S/C31H31F5N2O5/c1-41-16-21-6-3-11-38(21)14-22-13-23(18-9-7-17(15-39)8-10-18)43-31(42-22)19-4-2-5-20(12-19)37-30(40)24-25(32)27(34)29(36)28(35)26(24)33/h2,4-5,7-10,12,21-23,31,39H,3,6,11,13-16H2,1H3,(H,37,40)/t21-,22-,23+,31+/m0/s1. The highest BCUT2D eigenvalue weighted by Crippen LogP contribution is 2.39. The zero-order valence-electron chi connectivity index (χ0n) is 23.3. The molecule has 0 radical (unpaired) electrons. The second kappa shape index (κ2) is 13.5. The molecule has 12 heteroatoms. The second-order valence-electron chi connectivity index (χ2n) is 10.6. The summed E-state index contributed by atoms with van der Waals surface area (Å²) in [6.07, 6.45) is 1.05. The minimum Gasteiger partial charge on any atom is -0.392 e. The van der Waals surface area contributed by atoms with Crippen molar-refractivity contribution in [2.24, 2.45) is 0 Å². The number of hydrogen-bond donors (Lipinski definition) is 2. The molecule has 43 heavy (non-hydrogen) atoms. The molecule has 1 amide bonds. The van der Waals surface area contributed by atoms with Gasteiger partial charge in [-0.3, -0.25) is 9.69 Å². The number of carbonyl (C=O) groups excluding carboxylic acids is 1. The van der Waals surface area contributed by atoms with Crippen LogP contribution in [0.25, 0.3) is 0 Å². The lowest BCUT2D eigenvalue weighted by Crippen LogP contribution is -2.42. The predicted molar refractivity (Wildman–Crippen MR) is 146 cm³/mol. The lowest BCUT2D eigenvalue weighted by Gasteiger charge is -2.39. The smallest absolute Gasteiger partial charge is 0.261 e. The van der Waals surface area contributed by atoms with Crippen molar-refractivity contribution in [1.29, 1.82) is 0 Å². The Kier molecular flexibility index (Phi) is 9.72. The minimum absolute atomic E-state index is 0.0318. The Labute approximate surface area is 245 Å². The van der Waals surface area contributed by atoms with E-state index >= 15 is 0 Å². The molecule has 0 unspecified atom stereocenters. The van der Waals surface area contributed by atoms with Crippen LogP contribution >= 0.6 is 0 Å². The van der Waals surface area contributed by atoms with Crippen LogP contribution in [0.4, 0.5) is 27.6 Å². The van der Waals surface area contributed by atoms with E-state index in [2.05, 4.69) is 10.2 Å². The molecule has 7 nitrogen and oxygen atoms in total. The van der Waals surface area contributed by atoms with Crippen molar-refractivity contribution < 1.29 is 46.1 Å². The van der Waals surface area contributed by atoms with E-state index in [1.54, 1.807) is 19.2 Å². The van der Waals surface area contributed by atoms with Gasteiger partial charge in [0.05, 0.1) is 25.4 Å². The molecule has 2 fully saturated rings. The number of anilines is 1. The Morgan fingerprint density at radius 1 is 0.977 bits per heavy atom. The third kappa shape index (κ3) is 6.73. The summed E-state index contributed by atoms with van der Waals surface area (Å²) in [7, 11) is 1.67. The fourth-order valence-electron chi connectivity index (χ4n) is 5.57. The van der Waals surface area contributed by atoms with Crippen LogP contribution in [0.3, 0.4) is 0 Å². The number of amides is 1. The van der Waals surface area contributed by atoms with E-state index in [0.29, 0.717) is 25.1 Å². The van der Waals surface area contributed by atoms with Gasteiger partial charge >= 0.3 is 0 Å². The van der Waals surface area contributed by atoms with Crippen LogP contribution in [0, 0.1) is 29.1 Å². The zero-order chi connectivity index (χ0) is 30.7. The summed E-state index contributed by atoms with van der Waals surface area (Å²) in [4.78, 5) is 15.0. The number of hydrogen-bond acceptors (Lipinski definition) is 6. The number of carbonyl (C=O) groups is 1. The van der Waals surface area contributed by atoms with Crippen LogP contribution in [-0.2, 0) is 20.8 Å². The van der Waals surface area contributed by atoms with Crippen LogP contribution in [0.2, 0.25) is 0 Å². The van der Waals surface area contributed by atoms with Gasteiger partial charge in [-0.05, 0) is 42.6 Å². The molecule has 3 aromatic carbocycles. The normalized spacial score (nSPS) is 22.6. The lowest BCUT2D eigenvalue weighted by molar-refractivity contribution is -0.253. The van der Waals surface area contributed by atoms with E-state index in [1.807, 2.05) is 24.3 Å².